The fourth-order valence-corrected chi connectivity index (χ4v) is 1.91. The molecule has 0 bridgehead atoms. The van der Waals surface area contributed by atoms with E-state index < -0.39 is 0 Å². The van der Waals surface area contributed by atoms with Crippen LogP contribution in [-0.4, -0.2) is 7.05 Å². The molecule has 0 aliphatic heterocycles. The predicted molar refractivity (Wildman–Crippen MR) is 57.2 cm³/mol. The third-order valence-corrected chi connectivity index (χ3v) is 3.00. The Balaban J connectivity index is 3.01. The third kappa shape index (κ3) is 2.36. The van der Waals surface area contributed by atoms with E-state index in [1.165, 1.54) is 0 Å². The highest BCUT2D eigenvalue weighted by Crippen LogP contribution is 2.28. The Hall–Kier alpha value is 0.240. The molecule has 1 aromatic carbocycles. The van der Waals surface area contributed by atoms with Gasteiger partial charge in [-0.25, -0.2) is 0 Å². The lowest BCUT2D eigenvalue weighted by Gasteiger charge is -2.10. The van der Waals surface area contributed by atoms with Crippen molar-refractivity contribution in [1.29, 1.82) is 0 Å². The van der Waals surface area contributed by atoms with Gasteiger partial charge >= 0.3 is 0 Å². The Bertz CT molecular complexity index is 278. The molecule has 0 fully saturated rings. The minimum absolute atomic E-state index is 0.0715. The van der Waals surface area contributed by atoms with E-state index in [1.807, 2.05) is 19.2 Å². The Morgan fingerprint density at radius 1 is 1.42 bits per heavy atom. The first kappa shape index (κ1) is 10.3. The predicted octanol–water partition coefficient (Wildman–Crippen LogP) is 3.61. The molecule has 0 aliphatic rings. The molecule has 1 N–H and O–H groups in total. The summed E-state index contributed by atoms with van der Waals surface area (Å²) in [6.07, 6.45) is 0. The van der Waals surface area contributed by atoms with Gasteiger partial charge in [-0.15, -0.1) is 0 Å². The second-order valence-corrected chi connectivity index (χ2v) is 4.08. The topological polar surface area (TPSA) is 12.0 Å². The van der Waals surface area contributed by atoms with E-state index >= 15 is 0 Å². The van der Waals surface area contributed by atoms with Gasteiger partial charge in [-0.05, 0) is 24.7 Å². The summed E-state index contributed by atoms with van der Waals surface area (Å²) in [5.41, 5.74) is 0.989. The van der Waals surface area contributed by atoms with Crippen LogP contribution in [0.3, 0.4) is 0 Å². The summed E-state index contributed by atoms with van der Waals surface area (Å²) in [7, 11) is 1.85. The first-order chi connectivity index (χ1) is 5.65. The highest BCUT2D eigenvalue weighted by molar-refractivity contribution is 9.09. The van der Waals surface area contributed by atoms with Crippen molar-refractivity contribution >= 4 is 39.1 Å². The Morgan fingerprint density at radius 3 is 2.58 bits per heavy atom. The lowest BCUT2D eigenvalue weighted by atomic mass is 10.2. The van der Waals surface area contributed by atoms with Crippen molar-refractivity contribution in [3.05, 3.63) is 33.8 Å². The molecule has 0 saturated carbocycles. The van der Waals surface area contributed by atoms with Crippen LogP contribution < -0.4 is 5.32 Å². The average Bonchev–Trinajstić information content (AvgIpc) is 2.03. The largest absolute Gasteiger partial charge is 0.304 e. The van der Waals surface area contributed by atoms with Crippen LogP contribution in [-0.2, 0) is 0 Å². The molecule has 4 heteroatoms. The lowest BCUT2D eigenvalue weighted by Crippen LogP contribution is -2.09. The summed E-state index contributed by atoms with van der Waals surface area (Å²) in [4.78, 5) is 0.0715. The van der Waals surface area contributed by atoms with Gasteiger partial charge in [0.15, 0.2) is 0 Å². The number of nitrogens with one attached hydrogen (secondary N) is 1. The summed E-state index contributed by atoms with van der Waals surface area (Å²) in [5, 5.41) is 4.35. The summed E-state index contributed by atoms with van der Waals surface area (Å²) in [6, 6.07) is 5.43. The average molecular weight is 269 g/mol. The van der Waals surface area contributed by atoms with Crippen molar-refractivity contribution in [2.45, 2.75) is 4.95 Å². The molecule has 0 amide bonds. The van der Waals surface area contributed by atoms with Crippen LogP contribution in [0.25, 0.3) is 0 Å². The van der Waals surface area contributed by atoms with Gasteiger partial charge in [-0.2, -0.15) is 0 Å². The number of rotatable bonds is 2. The molecule has 0 aromatic heterocycles. The SMILES string of the molecule is CNC(Br)c1ccc(Cl)cc1Cl. The summed E-state index contributed by atoms with van der Waals surface area (Å²) in [5.74, 6) is 0. The van der Waals surface area contributed by atoms with E-state index in [0.29, 0.717) is 10.0 Å². The van der Waals surface area contributed by atoms with Crippen LogP contribution in [0.5, 0.6) is 0 Å². The van der Waals surface area contributed by atoms with Crippen LogP contribution in [0.1, 0.15) is 10.5 Å². The zero-order valence-electron chi connectivity index (χ0n) is 6.44. The highest BCUT2D eigenvalue weighted by atomic mass is 79.9. The zero-order valence-corrected chi connectivity index (χ0v) is 9.54. The summed E-state index contributed by atoms with van der Waals surface area (Å²) in [6.45, 7) is 0. The molecule has 0 radical (unpaired) electrons. The highest BCUT2D eigenvalue weighted by Gasteiger charge is 2.08. The van der Waals surface area contributed by atoms with Crippen molar-refractivity contribution in [2.24, 2.45) is 0 Å². The van der Waals surface area contributed by atoms with Gasteiger partial charge < -0.3 is 5.32 Å². The molecular weight excluding hydrogens is 261 g/mol. The molecule has 12 heavy (non-hydrogen) atoms. The summed E-state index contributed by atoms with van der Waals surface area (Å²) >= 11 is 15.1. The second-order valence-electron chi connectivity index (χ2n) is 2.32. The molecule has 1 atom stereocenters. The molecule has 1 aromatic rings. The molecule has 0 spiro atoms. The van der Waals surface area contributed by atoms with Crippen LogP contribution in [0, 0.1) is 0 Å². The molecular formula is C8H8BrCl2N. The number of hydrogen-bond donors (Lipinski definition) is 1. The van der Waals surface area contributed by atoms with Crippen LogP contribution in [0.15, 0.2) is 18.2 Å². The van der Waals surface area contributed by atoms with Crippen molar-refractivity contribution < 1.29 is 0 Å². The number of alkyl halides is 1. The summed E-state index contributed by atoms with van der Waals surface area (Å²) < 4.78 is 0. The van der Waals surface area contributed by atoms with Gasteiger partial charge in [-0.3, -0.25) is 0 Å². The Morgan fingerprint density at radius 2 is 2.08 bits per heavy atom. The molecule has 1 nitrogen and oxygen atoms in total. The molecule has 0 saturated heterocycles. The van der Waals surface area contributed by atoms with Gasteiger partial charge in [0, 0.05) is 10.0 Å². The van der Waals surface area contributed by atoms with E-state index in [9.17, 15) is 0 Å². The van der Waals surface area contributed by atoms with Crippen molar-refractivity contribution in [1.82, 2.24) is 5.32 Å². The van der Waals surface area contributed by atoms with E-state index in [1.54, 1.807) is 6.07 Å². The van der Waals surface area contributed by atoms with Gasteiger partial charge in [0.25, 0.3) is 0 Å². The zero-order chi connectivity index (χ0) is 9.14. The normalized spacial score (nSPS) is 13.0. The second kappa shape index (κ2) is 4.47. The van der Waals surface area contributed by atoms with Crippen LogP contribution >= 0.6 is 39.1 Å². The third-order valence-electron chi connectivity index (χ3n) is 1.49. The quantitative estimate of drug-likeness (QED) is 0.638. The van der Waals surface area contributed by atoms with Gasteiger partial charge in [0.05, 0.1) is 4.95 Å². The molecule has 1 unspecified atom stereocenters. The monoisotopic (exact) mass is 267 g/mol. The lowest BCUT2D eigenvalue weighted by molar-refractivity contribution is 0.809. The van der Waals surface area contributed by atoms with Crippen molar-refractivity contribution in [2.75, 3.05) is 7.05 Å². The minimum Gasteiger partial charge on any atom is -0.304 e. The maximum absolute atomic E-state index is 5.95. The number of benzene rings is 1. The van der Waals surface area contributed by atoms with Gasteiger partial charge in [0.2, 0.25) is 0 Å². The number of hydrogen-bond acceptors (Lipinski definition) is 1. The molecule has 0 heterocycles. The van der Waals surface area contributed by atoms with E-state index in [2.05, 4.69) is 21.2 Å². The first-order valence-corrected chi connectivity index (χ1v) is 5.08. The van der Waals surface area contributed by atoms with Crippen molar-refractivity contribution in [3.8, 4) is 0 Å². The minimum atomic E-state index is 0.0715. The number of halogens is 3. The van der Waals surface area contributed by atoms with Gasteiger partial charge in [-0.1, -0.05) is 45.2 Å². The van der Waals surface area contributed by atoms with E-state index in [-0.39, 0.29) is 4.95 Å². The van der Waals surface area contributed by atoms with E-state index in [4.69, 9.17) is 23.2 Å². The fraction of sp³-hybridized carbons (Fsp3) is 0.250. The first-order valence-electron chi connectivity index (χ1n) is 3.41. The van der Waals surface area contributed by atoms with Crippen LogP contribution in [0.4, 0.5) is 0 Å². The Labute approximate surface area is 90.2 Å². The fourth-order valence-electron chi connectivity index (χ4n) is 0.863. The maximum atomic E-state index is 5.95. The molecule has 1 rings (SSSR count). The maximum Gasteiger partial charge on any atom is 0.0898 e. The molecule has 66 valence electrons. The Kier molecular flexibility index (Phi) is 3.84. The molecule has 0 aliphatic carbocycles. The van der Waals surface area contributed by atoms with Crippen LogP contribution in [0.2, 0.25) is 10.0 Å². The van der Waals surface area contributed by atoms with Crippen molar-refractivity contribution in [3.63, 3.8) is 0 Å². The smallest absolute Gasteiger partial charge is 0.0898 e. The van der Waals surface area contributed by atoms with E-state index in [0.717, 1.165) is 5.56 Å². The van der Waals surface area contributed by atoms with Gasteiger partial charge in [0.1, 0.15) is 0 Å². The standard InChI is InChI=1S/C8H8BrCl2N/c1-12-8(9)6-3-2-5(10)4-7(6)11/h2-4,8,12H,1H3.